The molecule has 0 aliphatic rings. The number of hydrogen-bond donors (Lipinski definition) is 1. The van der Waals surface area contributed by atoms with Crippen molar-refractivity contribution in [1.82, 2.24) is 20.1 Å². The number of carbonyl (C=O) groups excluding carboxylic acids is 1. The summed E-state index contributed by atoms with van der Waals surface area (Å²) in [5.41, 5.74) is 3.14. The van der Waals surface area contributed by atoms with Gasteiger partial charge in [0.25, 0.3) is 0 Å². The third-order valence-corrected chi connectivity index (χ3v) is 6.22. The van der Waals surface area contributed by atoms with Crippen LogP contribution in [0, 0.1) is 0 Å². The molecule has 0 aliphatic heterocycles. The van der Waals surface area contributed by atoms with E-state index in [0.717, 1.165) is 17.5 Å². The highest BCUT2D eigenvalue weighted by Crippen LogP contribution is 2.29. The zero-order valence-electron chi connectivity index (χ0n) is 17.4. The van der Waals surface area contributed by atoms with Crippen LogP contribution in [-0.2, 0) is 17.8 Å². The van der Waals surface area contributed by atoms with Crippen LogP contribution < -0.4 is 5.32 Å². The summed E-state index contributed by atoms with van der Waals surface area (Å²) in [5.74, 6) is 0.926. The minimum absolute atomic E-state index is 0.0283. The minimum atomic E-state index is -0.0283. The third kappa shape index (κ3) is 5.78. The molecule has 0 radical (unpaired) electrons. The van der Waals surface area contributed by atoms with Crippen molar-refractivity contribution in [3.8, 4) is 11.4 Å². The minimum Gasteiger partial charge on any atom is -0.355 e. The van der Waals surface area contributed by atoms with Crippen LogP contribution in [0.15, 0.2) is 90.1 Å². The van der Waals surface area contributed by atoms with Gasteiger partial charge in [-0.05, 0) is 29.7 Å². The van der Waals surface area contributed by atoms with Gasteiger partial charge in [-0.15, -0.1) is 10.2 Å². The molecular weight excluding hydrogens is 440 g/mol. The number of nitrogens with one attached hydrogen (secondary N) is 1. The summed E-state index contributed by atoms with van der Waals surface area (Å²) in [4.78, 5) is 12.4. The summed E-state index contributed by atoms with van der Waals surface area (Å²) in [6, 6.07) is 27.8. The smallest absolute Gasteiger partial charge is 0.230 e. The maximum atomic E-state index is 12.4. The largest absolute Gasteiger partial charge is 0.355 e. The van der Waals surface area contributed by atoms with Crippen molar-refractivity contribution in [1.29, 1.82) is 0 Å². The lowest BCUT2D eigenvalue weighted by Crippen LogP contribution is -2.27. The van der Waals surface area contributed by atoms with Crippen LogP contribution in [0.3, 0.4) is 0 Å². The lowest BCUT2D eigenvalue weighted by molar-refractivity contribution is -0.118. The van der Waals surface area contributed by atoms with Gasteiger partial charge in [0.15, 0.2) is 11.0 Å². The first-order chi connectivity index (χ1) is 15.7. The van der Waals surface area contributed by atoms with Crippen molar-refractivity contribution >= 4 is 29.3 Å². The molecule has 1 N–H and O–H groups in total. The number of amides is 1. The van der Waals surface area contributed by atoms with Crippen LogP contribution in [0.4, 0.5) is 0 Å². The van der Waals surface area contributed by atoms with E-state index in [1.807, 2.05) is 65.2 Å². The maximum absolute atomic E-state index is 12.4. The number of aromatic nitrogens is 3. The fourth-order valence-corrected chi connectivity index (χ4v) is 4.31. The van der Waals surface area contributed by atoms with Crippen LogP contribution in [0.1, 0.15) is 11.1 Å². The van der Waals surface area contributed by atoms with Crippen molar-refractivity contribution in [2.75, 3.05) is 12.3 Å². The van der Waals surface area contributed by atoms with Crippen molar-refractivity contribution in [2.24, 2.45) is 0 Å². The SMILES string of the molecule is O=C(CSc1nnc(-c2ccccc2Cl)n1Cc1ccccc1)NCCc1ccccc1. The molecule has 1 amide bonds. The van der Waals surface area contributed by atoms with Gasteiger partial charge in [-0.1, -0.05) is 96.2 Å². The highest BCUT2D eigenvalue weighted by Gasteiger charge is 2.17. The van der Waals surface area contributed by atoms with Gasteiger partial charge in [0.2, 0.25) is 5.91 Å². The Kier molecular flexibility index (Phi) is 7.59. The van der Waals surface area contributed by atoms with Gasteiger partial charge in [-0.2, -0.15) is 0 Å². The summed E-state index contributed by atoms with van der Waals surface area (Å²) in [6.45, 7) is 1.19. The Balaban J connectivity index is 1.45. The van der Waals surface area contributed by atoms with Crippen LogP contribution >= 0.6 is 23.4 Å². The van der Waals surface area contributed by atoms with Gasteiger partial charge < -0.3 is 5.32 Å². The summed E-state index contributed by atoms with van der Waals surface area (Å²) in [5, 5.41) is 13.0. The number of thioether (sulfide) groups is 1. The Labute approximate surface area is 196 Å². The highest BCUT2D eigenvalue weighted by atomic mass is 35.5. The van der Waals surface area contributed by atoms with E-state index in [1.165, 1.54) is 17.3 Å². The second kappa shape index (κ2) is 11.0. The van der Waals surface area contributed by atoms with E-state index in [2.05, 4.69) is 39.8 Å². The summed E-state index contributed by atoms with van der Waals surface area (Å²) < 4.78 is 2.01. The van der Waals surface area contributed by atoms with Gasteiger partial charge in [0.1, 0.15) is 0 Å². The fraction of sp³-hybridized carbons (Fsp3) is 0.160. The molecule has 3 aromatic carbocycles. The Morgan fingerprint density at radius 3 is 2.25 bits per heavy atom. The van der Waals surface area contributed by atoms with E-state index < -0.39 is 0 Å². The van der Waals surface area contributed by atoms with E-state index in [1.54, 1.807) is 0 Å². The Morgan fingerprint density at radius 2 is 1.53 bits per heavy atom. The van der Waals surface area contributed by atoms with Crippen molar-refractivity contribution < 1.29 is 4.79 Å². The van der Waals surface area contributed by atoms with E-state index in [-0.39, 0.29) is 11.7 Å². The molecule has 5 nitrogen and oxygen atoms in total. The molecule has 1 heterocycles. The summed E-state index contributed by atoms with van der Waals surface area (Å²) in [7, 11) is 0. The molecule has 0 atom stereocenters. The maximum Gasteiger partial charge on any atom is 0.230 e. The molecule has 0 saturated heterocycles. The van der Waals surface area contributed by atoms with Gasteiger partial charge in [0.05, 0.1) is 17.3 Å². The zero-order valence-corrected chi connectivity index (χ0v) is 19.0. The number of halogens is 1. The van der Waals surface area contributed by atoms with E-state index in [0.29, 0.717) is 29.1 Å². The Bertz CT molecular complexity index is 1170. The van der Waals surface area contributed by atoms with Gasteiger partial charge in [-0.3, -0.25) is 9.36 Å². The van der Waals surface area contributed by atoms with Gasteiger partial charge in [0, 0.05) is 12.1 Å². The zero-order chi connectivity index (χ0) is 22.2. The molecule has 0 unspecified atom stereocenters. The van der Waals surface area contributed by atoms with E-state index in [4.69, 9.17) is 11.6 Å². The first-order valence-electron chi connectivity index (χ1n) is 10.4. The van der Waals surface area contributed by atoms with Crippen LogP contribution in [0.25, 0.3) is 11.4 Å². The van der Waals surface area contributed by atoms with Crippen molar-refractivity contribution in [2.45, 2.75) is 18.1 Å². The lowest BCUT2D eigenvalue weighted by Gasteiger charge is -2.11. The molecule has 0 saturated carbocycles. The molecule has 0 fully saturated rings. The van der Waals surface area contributed by atoms with Gasteiger partial charge in [-0.25, -0.2) is 0 Å². The molecule has 7 heteroatoms. The quantitative estimate of drug-likeness (QED) is 0.352. The Morgan fingerprint density at radius 1 is 0.875 bits per heavy atom. The molecule has 32 heavy (non-hydrogen) atoms. The number of hydrogen-bond acceptors (Lipinski definition) is 4. The number of nitrogens with zero attached hydrogens (tertiary/aromatic N) is 3. The second-order valence-electron chi connectivity index (χ2n) is 7.23. The first-order valence-corrected chi connectivity index (χ1v) is 11.7. The van der Waals surface area contributed by atoms with Crippen LogP contribution in [0.2, 0.25) is 5.02 Å². The van der Waals surface area contributed by atoms with Crippen LogP contribution in [0.5, 0.6) is 0 Å². The summed E-state index contributed by atoms with van der Waals surface area (Å²) >= 11 is 7.80. The van der Waals surface area contributed by atoms with Crippen LogP contribution in [-0.4, -0.2) is 33.0 Å². The topological polar surface area (TPSA) is 59.8 Å². The average Bonchev–Trinajstić information content (AvgIpc) is 3.21. The third-order valence-electron chi connectivity index (χ3n) is 4.93. The lowest BCUT2D eigenvalue weighted by atomic mass is 10.1. The highest BCUT2D eigenvalue weighted by molar-refractivity contribution is 7.99. The van der Waals surface area contributed by atoms with E-state index in [9.17, 15) is 4.79 Å². The number of carbonyl (C=O) groups is 1. The average molecular weight is 463 g/mol. The van der Waals surface area contributed by atoms with Crippen molar-refractivity contribution in [3.63, 3.8) is 0 Å². The number of rotatable bonds is 9. The molecule has 1 aromatic heterocycles. The van der Waals surface area contributed by atoms with Crippen molar-refractivity contribution in [3.05, 3.63) is 101 Å². The molecule has 162 valence electrons. The molecule has 0 aliphatic carbocycles. The molecule has 0 spiro atoms. The molecule has 4 aromatic rings. The fourth-order valence-electron chi connectivity index (χ4n) is 3.32. The van der Waals surface area contributed by atoms with E-state index >= 15 is 0 Å². The monoisotopic (exact) mass is 462 g/mol. The molecule has 4 rings (SSSR count). The first kappa shape index (κ1) is 22.1. The summed E-state index contributed by atoms with van der Waals surface area (Å²) in [6.07, 6.45) is 0.804. The molecular formula is C25H23ClN4OS. The normalized spacial score (nSPS) is 10.8. The molecule has 0 bridgehead atoms. The predicted octanol–water partition coefficient (Wildman–Crippen LogP) is 5.10. The van der Waals surface area contributed by atoms with Gasteiger partial charge >= 0.3 is 0 Å². The standard InChI is InChI=1S/C25H23ClN4OS/c26-22-14-8-7-13-21(22)24-28-29-25(30(24)17-20-11-5-2-6-12-20)32-18-23(31)27-16-15-19-9-3-1-4-10-19/h1-14H,15-18H2,(H,27,31). The predicted molar refractivity (Wildman–Crippen MR) is 130 cm³/mol. The Hall–Kier alpha value is -3.09. The number of benzene rings is 3. The second-order valence-corrected chi connectivity index (χ2v) is 8.58.